The molecule has 0 aromatic carbocycles. The minimum Gasteiger partial charge on any atom is -0.481 e. The molecule has 1 aromatic rings. The van der Waals surface area contributed by atoms with E-state index >= 15 is 0 Å². The molecular weight excluding hydrogens is 252 g/mol. The van der Waals surface area contributed by atoms with Crippen LogP contribution in [-0.2, 0) is 4.79 Å². The van der Waals surface area contributed by atoms with Crippen molar-refractivity contribution in [3.05, 3.63) is 30.1 Å². The summed E-state index contributed by atoms with van der Waals surface area (Å²) < 4.78 is 0. The zero-order valence-electron chi connectivity index (χ0n) is 12.4. The van der Waals surface area contributed by atoms with E-state index in [9.17, 15) is 9.90 Å². The molecule has 1 N–H and O–H groups in total. The largest absolute Gasteiger partial charge is 0.481 e. The fraction of sp³-hybridized carbons (Fsp3) is 0.625. The molecule has 0 saturated carbocycles. The number of carboxylic acid groups (broad SMARTS) is 1. The van der Waals surface area contributed by atoms with Crippen molar-refractivity contribution in [1.82, 2.24) is 9.88 Å². The molecule has 0 radical (unpaired) electrons. The molecule has 1 aliphatic heterocycles. The Kier molecular flexibility index (Phi) is 4.76. The van der Waals surface area contributed by atoms with Gasteiger partial charge in [-0.05, 0) is 51.4 Å². The van der Waals surface area contributed by atoms with E-state index in [1.165, 1.54) is 0 Å². The lowest BCUT2D eigenvalue weighted by Gasteiger charge is -2.41. The first-order chi connectivity index (χ1) is 9.59. The highest BCUT2D eigenvalue weighted by molar-refractivity contribution is 5.74. The lowest BCUT2D eigenvalue weighted by atomic mass is 9.74. The van der Waals surface area contributed by atoms with E-state index in [2.05, 4.69) is 23.7 Å². The molecule has 4 nitrogen and oxygen atoms in total. The van der Waals surface area contributed by atoms with Crippen LogP contribution in [0.4, 0.5) is 0 Å². The monoisotopic (exact) mass is 276 g/mol. The molecule has 1 saturated heterocycles. The van der Waals surface area contributed by atoms with Crippen molar-refractivity contribution in [3.8, 4) is 0 Å². The number of hydrogen-bond donors (Lipinski definition) is 1. The van der Waals surface area contributed by atoms with E-state index in [0.29, 0.717) is 0 Å². The average Bonchev–Trinajstić information content (AvgIpc) is 2.48. The van der Waals surface area contributed by atoms with E-state index in [1.54, 1.807) is 0 Å². The molecule has 20 heavy (non-hydrogen) atoms. The van der Waals surface area contributed by atoms with Crippen LogP contribution in [0, 0.1) is 5.41 Å². The van der Waals surface area contributed by atoms with Gasteiger partial charge in [0.2, 0.25) is 0 Å². The SMILES string of the molecule is CCCC1(C(=O)O)CCN(C(C)c2ccccn2)CC1. The third kappa shape index (κ3) is 3.01. The van der Waals surface area contributed by atoms with Gasteiger partial charge in [0.1, 0.15) is 0 Å². The maximum Gasteiger partial charge on any atom is 0.309 e. The first-order valence-electron chi connectivity index (χ1n) is 7.47. The fourth-order valence-corrected chi connectivity index (χ4v) is 3.20. The summed E-state index contributed by atoms with van der Waals surface area (Å²) in [6.45, 7) is 5.89. The van der Waals surface area contributed by atoms with Gasteiger partial charge in [0.15, 0.2) is 0 Å². The molecule has 0 spiro atoms. The number of likely N-dealkylation sites (tertiary alicyclic amines) is 1. The first-order valence-corrected chi connectivity index (χ1v) is 7.47. The Labute approximate surface area is 120 Å². The van der Waals surface area contributed by atoms with E-state index in [1.807, 2.05) is 24.4 Å². The topological polar surface area (TPSA) is 53.4 Å². The Morgan fingerprint density at radius 3 is 2.65 bits per heavy atom. The second-order valence-electron chi connectivity index (χ2n) is 5.80. The quantitative estimate of drug-likeness (QED) is 0.897. The van der Waals surface area contributed by atoms with Crippen LogP contribution in [0.25, 0.3) is 0 Å². The van der Waals surface area contributed by atoms with Crippen molar-refractivity contribution in [2.24, 2.45) is 5.41 Å². The number of carbonyl (C=O) groups is 1. The highest BCUT2D eigenvalue weighted by Crippen LogP contribution is 2.38. The highest BCUT2D eigenvalue weighted by atomic mass is 16.4. The second kappa shape index (κ2) is 6.35. The van der Waals surface area contributed by atoms with Crippen LogP contribution in [0.3, 0.4) is 0 Å². The molecule has 2 rings (SSSR count). The van der Waals surface area contributed by atoms with E-state index in [4.69, 9.17) is 0 Å². The minimum atomic E-state index is -0.621. The predicted octanol–water partition coefficient (Wildman–Crippen LogP) is 3.11. The van der Waals surface area contributed by atoms with Gasteiger partial charge >= 0.3 is 5.97 Å². The molecule has 0 aliphatic carbocycles. The molecule has 4 heteroatoms. The van der Waals surface area contributed by atoms with Gasteiger partial charge in [0.05, 0.1) is 11.1 Å². The molecule has 1 aliphatic rings. The number of aromatic nitrogens is 1. The number of carboxylic acids is 1. The molecule has 110 valence electrons. The molecule has 0 amide bonds. The van der Waals surface area contributed by atoms with Gasteiger partial charge in [-0.15, -0.1) is 0 Å². The van der Waals surface area contributed by atoms with Crippen LogP contribution in [-0.4, -0.2) is 34.0 Å². The summed E-state index contributed by atoms with van der Waals surface area (Å²) in [6, 6.07) is 6.21. The number of nitrogens with zero attached hydrogens (tertiary/aromatic N) is 2. The summed E-state index contributed by atoms with van der Waals surface area (Å²) in [7, 11) is 0. The lowest BCUT2D eigenvalue weighted by molar-refractivity contribution is -0.153. The van der Waals surface area contributed by atoms with E-state index in [-0.39, 0.29) is 6.04 Å². The standard InChI is InChI=1S/C16H24N2O2/c1-3-7-16(15(19)20)8-11-18(12-9-16)13(2)14-6-4-5-10-17-14/h4-6,10,13H,3,7-9,11-12H2,1-2H3,(H,19,20). The van der Waals surface area contributed by atoms with Crippen molar-refractivity contribution < 1.29 is 9.90 Å². The Morgan fingerprint density at radius 1 is 1.45 bits per heavy atom. The summed E-state index contributed by atoms with van der Waals surface area (Å²) in [4.78, 5) is 18.3. The van der Waals surface area contributed by atoms with Crippen LogP contribution in [0.2, 0.25) is 0 Å². The van der Waals surface area contributed by atoms with Gasteiger partial charge in [-0.25, -0.2) is 0 Å². The molecule has 1 atom stereocenters. The van der Waals surface area contributed by atoms with Crippen LogP contribution in [0.5, 0.6) is 0 Å². The number of rotatable bonds is 5. The molecule has 1 fully saturated rings. The lowest BCUT2D eigenvalue weighted by Crippen LogP contribution is -2.45. The Hall–Kier alpha value is -1.42. The molecule has 2 heterocycles. The first kappa shape index (κ1) is 15.0. The maximum atomic E-state index is 11.6. The van der Waals surface area contributed by atoms with Crippen molar-refractivity contribution >= 4 is 5.97 Å². The van der Waals surface area contributed by atoms with Crippen molar-refractivity contribution in [3.63, 3.8) is 0 Å². The summed E-state index contributed by atoms with van der Waals surface area (Å²) in [6.07, 6.45) is 5.02. The predicted molar refractivity (Wildman–Crippen MR) is 78.4 cm³/mol. The van der Waals surface area contributed by atoms with Crippen LogP contribution in [0.15, 0.2) is 24.4 Å². The van der Waals surface area contributed by atoms with Gasteiger partial charge in [-0.2, -0.15) is 0 Å². The highest BCUT2D eigenvalue weighted by Gasteiger charge is 2.41. The van der Waals surface area contributed by atoms with Crippen molar-refractivity contribution in [1.29, 1.82) is 0 Å². The summed E-state index contributed by atoms with van der Waals surface area (Å²) >= 11 is 0. The second-order valence-corrected chi connectivity index (χ2v) is 5.80. The Morgan fingerprint density at radius 2 is 2.15 bits per heavy atom. The van der Waals surface area contributed by atoms with Crippen LogP contribution < -0.4 is 0 Å². The summed E-state index contributed by atoms with van der Waals surface area (Å²) in [5.74, 6) is -0.621. The number of pyridine rings is 1. The van der Waals surface area contributed by atoms with Gasteiger partial charge < -0.3 is 5.11 Å². The average molecular weight is 276 g/mol. The van der Waals surface area contributed by atoms with Crippen molar-refractivity contribution in [2.45, 2.75) is 45.6 Å². The zero-order valence-corrected chi connectivity index (χ0v) is 12.4. The molecule has 1 unspecified atom stereocenters. The van der Waals surface area contributed by atoms with Crippen LogP contribution in [0.1, 0.15) is 51.3 Å². The van der Waals surface area contributed by atoms with Gasteiger partial charge in [-0.3, -0.25) is 14.7 Å². The molecular formula is C16H24N2O2. The van der Waals surface area contributed by atoms with Gasteiger partial charge in [-0.1, -0.05) is 19.4 Å². The van der Waals surface area contributed by atoms with E-state index < -0.39 is 11.4 Å². The molecule has 1 aromatic heterocycles. The third-order valence-corrected chi connectivity index (χ3v) is 4.60. The van der Waals surface area contributed by atoms with Crippen molar-refractivity contribution in [2.75, 3.05) is 13.1 Å². The summed E-state index contributed by atoms with van der Waals surface area (Å²) in [5.41, 5.74) is 0.556. The number of hydrogen-bond acceptors (Lipinski definition) is 3. The minimum absolute atomic E-state index is 0.254. The van der Waals surface area contributed by atoms with Crippen LogP contribution >= 0.6 is 0 Å². The number of aliphatic carboxylic acids is 1. The smallest absolute Gasteiger partial charge is 0.309 e. The van der Waals surface area contributed by atoms with Gasteiger partial charge in [0, 0.05) is 12.2 Å². The third-order valence-electron chi connectivity index (χ3n) is 4.60. The maximum absolute atomic E-state index is 11.6. The van der Waals surface area contributed by atoms with Gasteiger partial charge in [0.25, 0.3) is 0 Å². The Balaban J connectivity index is 2.02. The fourth-order valence-electron chi connectivity index (χ4n) is 3.20. The number of piperidine rings is 1. The summed E-state index contributed by atoms with van der Waals surface area (Å²) in [5, 5.41) is 9.53. The zero-order chi connectivity index (χ0) is 14.6. The normalized spacial score (nSPS) is 20.5. The van der Waals surface area contributed by atoms with E-state index in [0.717, 1.165) is 44.5 Å². The Bertz CT molecular complexity index is 439. The molecule has 0 bridgehead atoms.